The molecular weight excluding hydrogens is 295 g/mol. The second-order valence-corrected chi connectivity index (χ2v) is 7.13. The average molecular weight is 316 g/mol. The molecular formula is C14H21FN2O3S. The fourth-order valence-electron chi connectivity index (χ4n) is 2.79. The molecule has 0 heterocycles. The molecule has 3 N–H and O–H groups in total. The lowest BCUT2D eigenvalue weighted by Gasteiger charge is -2.27. The highest BCUT2D eigenvalue weighted by Crippen LogP contribution is 2.29. The Morgan fingerprint density at radius 3 is 2.57 bits per heavy atom. The van der Waals surface area contributed by atoms with Gasteiger partial charge >= 0.3 is 0 Å². The Bertz CT molecular complexity index is 586. The van der Waals surface area contributed by atoms with Gasteiger partial charge in [-0.3, -0.25) is 0 Å². The van der Waals surface area contributed by atoms with E-state index in [4.69, 9.17) is 10.8 Å². The third-order valence-corrected chi connectivity index (χ3v) is 5.84. The first-order valence-corrected chi connectivity index (χ1v) is 8.56. The molecule has 1 aliphatic carbocycles. The summed E-state index contributed by atoms with van der Waals surface area (Å²) < 4.78 is 40.3. The molecule has 7 heteroatoms. The Labute approximate surface area is 124 Å². The Kier molecular flexibility index (Phi) is 5.32. The first-order chi connectivity index (χ1) is 10.0. The first-order valence-electron chi connectivity index (χ1n) is 7.12. The summed E-state index contributed by atoms with van der Waals surface area (Å²) in [7, 11) is -3.74. The topological polar surface area (TPSA) is 83.6 Å². The van der Waals surface area contributed by atoms with Crippen molar-refractivity contribution in [3.05, 3.63) is 29.6 Å². The number of nitrogens with two attached hydrogens (primary N) is 1. The van der Waals surface area contributed by atoms with E-state index in [1.807, 2.05) is 0 Å². The molecule has 1 saturated carbocycles. The van der Waals surface area contributed by atoms with Crippen molar-refractivity contribution in [2.45, 2.75) is 43.2 Å². The van der Waals surface area contributed by atoms with Gasteiger partial charge in [-0.05, 0) is 31.0 Å². The number of hydrogen-bond donors (Lipinski definition) is 2. The monoisotopic (exact) mass is 316 g/mol. The minimum absolute atomic E-state index is 0.0321. The first kappa shape index (κ1) is 16.4. The SMILES string of the molecule is NCc1cc(S(=O)(=O)N(CCO)C2CCCC2)ccc1F. The summed E-state index contributed by atoms with van der Waals surface area (Å²) in [6.07, 6.45) is 3.56. The van der Waals surface area contributed by atoms with Gasteiger partial charge in [-0.1, -0.05) is 12.8 Å². The summed E-state index contributed by atoms with van der Waals surface area (Å²) in [4.78, 5) is 0.0321. The maximum Gasteiger partial charge on any atom is 0.243 e. The molecule has 5 nitrogen and oxygen atoms in total. The molecule has 1 aromatic rings. The van der Waals surface area contributed by atoms with Gasteiger partial charge in [0, 0.05) is 24.7 Å². The van der Waals surface area contributed by atoms with E-state index >= 15 is 0 Å². The summed E-state index contributed by atoms with van der Waals surface area (Å²) >= 11 is 0. The van der Waals surface area contributed by atoms with Gasteiger partial charge in [-0.15, -0.1) is 0 Å². The molecule has 0 amide bonds. The minimum atomic E-state index is -3.74. The van der Waals surface area contributed by atoms with E-state index in [9.17, 15) is 12.8 Å². The van der Waals surface area contributed by atoms with Crippen molar-refractivity contribution in [1.29, 1.82) is 0 Å². The highest BCUT2D eigenvalue weighted by Gasteiger charge is 2.33. The Morgan fingerprint density at radius 2 is 2.00 bits per heavy atom. The van der Waals surface area contributed by atoms with Crippen molar-refractivity contribution in [2.24, 2.45) is 5.73 Å². The van der Waals surface area contributed by atoms with Crippen LogP contribution in [0.1, 0.15) is 31.2 Å². The third kappa shape index (κ3) is 3.42. The summed E-state index contributed by atoms with van der Waals surface area (Å²) in [5.41, 5.74) is 5.60. The van der Waals surface area contributed by atoms with E-state index in [1.54, 1.807) is 0 Å². The highest BCUT2D eigenvalue weighted by molar-refractivity contribution is 7.89. The smallest absolute Gasteiger partial charge is 0.243 e. The van der Waals surface area contributed by atoms with Gasteiger partial charge < -0.3 is 10.8 Å². The van der Waals surface area contributed by atoms with Crippen LogP contribution in [-0.2, 0) is 16.6 Å². The van der Waals surface area contributed by atoms with E-state index in [0.717, 1.165) is 31.7 Å². The molecule has 0 aliphatic heterocycles. The van der Waals surface area contributed by atoms with E-state index in [1.165, 1.54) is 16.4 Å². The van der Waals surface area contributed by atoms with Crippen LogP contribution in [0, 0.1) is 5.82 Å². The zero-order valence-corrected chi connectivity index (χ0v) is 12.7. The molecule has 2 rings (SSSR count). The van der Waals surface area contributed by atoms with Crippen molar-refractivity contribution in [1.82, 2.24) is 4.31 Å². The van der Waals surface area contributed by atoms with Crippen LogP contribution in [0.15, 0.2) is 23.1 Å². The number of sulfonamides is 1. The van der Waals surface area contributed by atoms with Crippen molar-refractivity contribution in [3.63, 3.8) is 0 Å². The van der Waals surface area contributed by atoms with E-state index in [0.29, 0.717) is 0 Å². The number of halogens is 1. The van der Waals surface area contributed by atoms with Crippen LogP contribution in [0.25, 0.3) is 0 Å². The fourth-order valence-corrected chi connectivity index (χ4v) is 4.52. The summed E-state index contributed by atoms with van der Waals surface area (Å²) in [6.45, 7) is -0.234. The molecule has 0 bridgehead atoms. The summed E-state index contributed by atoms with van der Waals surface area (Å²) in [5, 5.41) is 9.17. The molecule has 0 aromatic heterocycles. The zero-order chi connectivity index (χ0) is 15.5. The maximum atomic E-state index is 13.5. The average Bonchev–Trinajstić information content (AvgIpc) is 2.98. The van der Waals surface area contributed by atoms with Crippen molar-refractivity contribution < 1.29 is 17.9 Å². The molecule has 1 fully saturated rings. The van der Waals surface area contributed by atoms with Gasteiger partial charge in [0.25, 0.3) is 0 Å². The second kappa shape index (κ2) is 6.83. The number of aliphatic hydroxyl groups excluding tert-OH is 1. The van der Waals surface area contributed by atoms with E-state index in [2.05, 4.69) is 0 Å². The van der Waals surface area contributed by atoms with Crippen molar-refractivity contribution >= 4 is 10.0 Å². The van der Waals surface area contributed by atoms with Crippen LogP contribution < -0.4 is 5.73 Å². The number of rotatable bonds is 6. The second-order valence-electron chi connectivity index (χ2n) is 5.23. The standard InChI is InChI=1S/C14H21FN2O3S/c15-14-6-5-13(9-11(14)10-16)21(19,20)17(7-8-18)12-3-1-2-4-12/h5-6,9,12,18H,1-4,7-8,10,16H2. The summed E-state index contributed by atoms with van der Waals surface area (Å²) in [6, 6.07) is 3.57. The largest absolute Gasteiger partial charge is 0.395 e. The van der Waals surface area contributed by atoms with Crippen LogP contribution in [0.2, 0.25) is 0 Å². The normalized spacial score (nSPS) is 16.8. The zero-order valence-electron chi connectivity index (χ0n) is 11.8. The van der Waals surface area contributed by atoms with Crippen LogP contribution >= 0.6 is 0 Å². The molecule has 0 atom stereocenters. The quantitative estimate of drug-likeness (QED) is 0.826. The maximum absolute atomic E-state index is 13.5. The number of aliphatic hydroxyl groups is 1. The Hall–Kier alpha value is -1.02. The Balaban J connectivity index is 2.37. The molecule has 118 valence electrons. The van der Waals surface area contributed by atoms with Crippen molar-refractivity contribution in [2.75, 3.05) is 13.2 Å². The predicted molar refractivity (Wildman–Crippen MR) is 77.5 cm³/mol. The van der Waals surface area contributed by atoms with Crippen LogP contribution in [0.3, 0.4) is 0 Å². The van der Waals surface area contributed by atoms with Gasteiger partial charge in [0.05, 0.1) is 11.5 Å². The molecule has 0 radical (unpaired) electrons. The number of nitrogens with zero attached hydrogens (tertiary/aromatic N) is 1. The number of benzene rings is 1. The third-order valence-electron chi connectivity index (χ3n) is 3.90. The lowest BCUT2D eigenvalue weighted by Crippen LogP contribution is -2.40. The van der Waals surface area contributed by atoms with Crippen molar-refractivity contribution in [3.8, 4) is 0 Å². The van der Waals surface area contributed by atoms with Crippen LogP contribution in [0.5, 0.6) is 0 Å². The van der Waals surface area contributed by atoms with Gasteiger partial charge in [-0.25, -0.2) is 12.8 Å². The molecule has 1 aliphatic rings. The van der Waals surface area contributed by atoms with Gasteiger partial charge in [-0.2, -0.15) is 4.31 Å². The number of hydrogen-bond acceptors (Lipinski definition) is 4. The lowest BCUT2D eigenvalue weighted by atomic mass is 10.2. The van der Waals surface area contributed by atoms with Gasteiger partial charge in [0.2, 0.25) is 10.0 Å². The lowest BCUT2D eigenvalue weighted by molar-refractivity contribution is 0.226. The van der Waals surface area contributed by atoms with Gasteiger partial charge in [0.15, 0.2) is 0 Å². The van der Waals surface area contributed by atoms with Crippen LogP contribution in [0.4, 0.5) is 4.39 Å². The predicted octanol–water partition coefficient (Wildman–Crippen LogP) is 1.21. The fraction of sp³-hybridized carbons (Fsp3) is 0.571. The van der Waals surface area contributed by atoms with Crippen LogP contribution in [-0.4, -0.2) is 37.0 Å². The highest BCUT2D eigenvalue weighted by atomic mass is 32.2. The molecule has 0 saturated heterocycles. The van der Waals surface area contributed by atoms with Gasteiger partial charge in [0.1, 0.15) is 5.82 Å². The Morgan fingerprint density at radius 1 is 1.33 bits per heavy atom. The minimum Gasteiger partial charge on any atom is -0.395 e. The molecule has 0 spiro atoms. The van der Waals surface area contributed by atoms with E-state index < -0.39 is 15.8 Å². The molecule has 21 heavy (non-hydrogen) atoms. The molecule has 0 unspecified atom stereocenters. The molecule has 1 aromatic carbocycles. The summed E-state index contributed by atoms with van der Waals surface area (Å²) in [5.74, 6) is -0.508. The van der Waals surface area contributed by atoms with E-state index in [-0.39, 0.29) is 36.2 Å².